The zero-order valence-corrected chi connectivity index (χ0v) is 14.9. The monoisotopic (exact) mass is 338 g/mol. The van der Waals surface area contributed by atoms with Crippen LogP contribution in [0.2, 0.25) is 0 Å². The maximum atomic E-state index is 6.10. The van der Waals surface area contributed by atoms with Crippen molar-refractivity contribution in [2.24, 2.45) is 0 Å². The van der Waals surface area contributed by atoms with Gasteiger partial charge < -0.3 is 9.32 Å². The summed E-state index contributed by atoms with van der Waals surface area (Å²) in [5.41, 5.74) is 3.06. The van der Waals surface area contributed by atoms with Gasteiger partial charge in [-0.1, -0.05) is 72.4 Å². The van der Waals surface area contributed by atoms with Gasteiger partial charge in [-0.25, -0.2) is 4.98 Å². The van der Waals surface area contributed by atoms with Gasteiger partial charge in [0.15, 0.2) is 5.76 Å². The van der Waals surface area contributed by atoms with Crippen LogP contribution in [0.1, 0.15) is 6.42 Å². The van der Waals surface area contributed by atoms with Crippen LogP contribution in [0.15, 0.2) is 70.3 Å². The van der Waals surface area contributed by atoms with Crippen molar-refractivity contribution >= 4 is 11.8 Å². The molecule has 0 aliphatic rings. The molecule has 0 atom stereocenters. The van der Waals surface area contributed by atoms with E-state index in [1.165, 1.54) is 0 Å². The third kappa shape index (κ3) is 4.28. The van der Waals surface area contributed by atoms with Crippen LogP contribution in [0.5, 0.6) is 0 Å². The second-order valence-electron chi connectivity index (χ2n) is 5.89. The van der Waals surface area contributed by atoms with Gasteiger partial charge in [-0.3, -0.25) is 0 Å². The smallest absolute Gasteiger partial charge is 0.256 e. The Morgan fingerprint density at radius 2 is 1.54 bits per heavy atom. The highest BCUT2D eigenvalue weighted by molar-refractivity contribution is 7.99. The molecule has 3 rings (SSSR count). The summed E-state index contributed by atoms with van der Waals surface area (Å²) in [6, 6.07) is 20.4. The van der Waals surface area contributed by atoms with E-state index in [-0.39, 0.29) is 0 Å². The van der Waals surface area contributed by atoms with E-state index in [0.29, 0.717) is 0 Å². The van der Waals surface area contributed by atoms with Crippen molar-refractivity contribution in [2.75, 3.05) is 26.4 Å². The molecule has 24 heavy (non-hydrogen) atoms. The Kier molecular flexibility index (Phi) is 5.72. The summed E-state index contributed by atoms with van der Waals surface area (Å²) >= 11 is 1.68. The Morgan fingerprint density at radius 3 is 2.17 bits per heavy atom. The number of thioether (sulfide) groups is 1. The van der Waals surface area contributed by atoms with Gasteiger partial charge in [0.05, 0.1) is 0 Å². The van der Waals surface area contributed by atoms with Crippen LogP contribution in [0.25, 0.3) is 22.6 Å². The van der Waals surface area contributed by atoms with E-state index in [1.807, 2.05) is 36.4 Å². The Balaban J connectivity index is 1.86. The van der Waals surface area contributed by atoms with E-state index in [9.17, 15) is 0 Å². The predicted octanol–water partition coefficient (Wildman–Crippen LogP) is 5.05. The van der Waals surface area contributed by atoms with Crippen LogP contribution < -0.4 is 0 Å². The van der Waals surface area contributed by atoms with Gasteiger partial charge in [0.2, 0.25) is 0 Å². The number of hydrogen-bond acceptors (Lipinski definition) is 4. The fourth-order valence-corrected chi connectivity index (χ4v) is 3.23. The fraction of sp³-hybridized carbons (Fsp3) is 0.250. The normalized spacial score (nSPS) is 11.1. The first kappa shape index (κ1) is 16.8. The highest BCUT2D eigenvalue weighted by atomic mass is 32.2. The summed E-state index contributed by atoms with van der Waals surface area (Å²) in [6.45, 7) is 1.07. The molecule has 0 N–H and O–H groups in total. The van der Waals surface area contributed by atoms with Gasteiger partial charge in [0.1, 0.15) is 5.69 Å². The molecule has 0 unspecified atom stereocenters. The molecule has 1 aromatic heterocycles. The molecule has 0 radical (unpaired) electrons. The first-order chi connectivity index (χ1) is 11.7. The van der Waals surface area contributed by atoms with Crippen LogP contribution in [0.4, 0.5) is 0 Å². The molecular weight excluding hydrogens is 316 g/mol. The fourth-order valence-electron chi connectivity index (χ4n) is 2.48. The van der Waals surface area contributed by atoms with E-state index in [4.69, 9.17) is 9.40 Å². The molecule has 0 aliphatic heterocycles. The summed E-state index contributed by atoms with van der Waals surface area (Å²) in [6.07, 6.45) is 1.11. The highest BCUT2D eigenvalue weighted by Crippen LogP contribution is 2.35. The summed E-state index contributed by atoms with van der Waals surface area (Å²) < 4.78 is 6.10. The standard InChI is InChI=1S/C20H22N2OS/c1-22(2)14-9-15-24-20-21-18(16-10-5-3-6-11-16)19(23-20)17-12-7-4-8-13-17/h3-8,10-13H,9,14-15H2,1-2H3. The van der Waals surface area contributed by atoms with E-state index < -0.39 is 0 Å². The molecule has 0 aliphatic carbocycles. The molecule has 4 heteroatoms. The molecule has 1 heterocycles. The van der Waals surface area contributed by atoms with Crippen molar-refractivity contribution < 1.29 is 4.42 Å². The van der Waals surface area contributed by atoms with Crippen molar-refractivity contribution in [1.29, 1.82) is 0 Å². The zero-order valence-electron chi connectivity index (χ0n) is 14.1. The van der Waals surface area contributed by atoms with Crippen LogP contribution in [-0.2, 0) is 0 Å². The summed E-state index contributed by atoms with van der Waals surface area (Å²) in [7, 11) is 4.19. The van der Waals surface area contributed by atoms with Gasteiger partial charge in [-0.2, -0.15) is 0 Å². The first-order valence-corrected chi connectivity index (χ1v) is 9.12. The predicted molar refractivity (Wildman–Crippen MR) is 101 cm³/mol. The van der Waals surface area contributed by atoms with E-state index in [1.54, 1.807) is 11.8 Å². The average Bonchev–Trinajstić information content (AvgIpc) is 3.04. The quantitative estimate of drug-likeness (QED) is 0.445. The van der Waals surface area contributed by atoms with E-state index in [0.717, 1.165) is 46.5 Å². The minimum Gasteiger partial charge on any atom is -0.431 e. The topological polar surface area (TPSA) is 29.3 Å². The molecular formula is C20H22N2OS. The minimum absolute atomic E-state index is 0.742. The number of oxazole rings is 1. The van der Waals surface area contributed by atoms with Crippen LogP contribution in [-0.4, -0.2) is 36.3 Å². The van der Waals surface area contributed by atoms with Gasteiger partial charge in [-0.05, 0) is 27.1 Å². The van der Waals surface area contributed by atoms with Gasteiger partial charge in [-0.15, -0.1) is 0 Å². The van der Waals surface area contributed by atoms with Crippen LogP contribution in [0, 0.1) is 0 Å². The second kappa shape index (κ2) is 8.18. The lowest BCUT2D eigenvalue weighted by atomic mass is 10.1. The van der Waals surface area contributed by atoms with Crippen molar-refractivity contribution in [2.45, 2.75) is 11.6 Å². The Morgan fingerprint density at radius 1 is 0.917 bits per heavy atom. The third-order valence-corrected chi connectivity index (χ3v) is 4.58. The lowest BCUT2D eigenvalue weighted by Gasteiger charge is -2.07. The van der Waals surface area contributed by atoms with E-state index >= 15 is 0 Å². The van der Waals surface area contributed by atoms with Crippen molar-refractivity contribution in [3.8, 4) is 22.6 Å². The summed E-state index contributed by atoms with van der Waals surface area (Å²) in [5, 5.41) is 0.742. The largest absolute Gasteiger partial charge is 0.431 e. The first-order valence-electron chi connectivity index (χ1n) is 8.13. The molecule has 0 saturated heterocycles. The lowest BCUT2D eigenvalue weighted by molar-refractivity contribution is 0.409. The minimum atomic E-state index is 0.742. The van der Waals surface area contributed by atoms with Gasteiger partial charge in [0, 0.05) is 16.9 Å². The van der Waals surface area contributed by atoms with Crippen molar-refractivity contribution in [3.63, 3.8) is 0 Å². The Hall–Kier alpha value is -2.04. The Labute approximate surface area is 147 Å². The van der Waals surface area contributed by atoms with E-state index in [2.05, 4.69) is 43.3 Å². The molecule has 0 fully saturated rings. The number of aromatic nitrogens is 1. The average molecular weight is 338 g/mol. The summed E-state index contributed by atoms with van der Waals surface area (Å²) in [4.78, 5) is 6.95. The molecule has 124 valence electrons. The van der Waals surface area contributed by atoms with Crippen molar-refractivity contribution in [1.82, 2.24) is 9.88 Å². The van der Waals surface area contributed by atoms with Crippen molar-refractivity contribution in [3.05, 3.63) is 60.7 Å². The molecule has 0 amide bonds. The molecule has 0 spiro atoms. The van der Waals surface area contributed by atoms with Gasteiger partial charge >= 0.3 is 0 Å². The number of rotatable bonds is 7. The molecule has 0 bridgehead atoms. The maximum Gasteiger partial charge on any atom is 0.256 e. The molecule has 3 aromatic rings. The molecule has 3 nitrogen and oxygen atoms in total. The van der Waals surface area contributed by atoms with Gasteiger partial charge in [0.25, 0.3) is 5.22 Å². The maximum absolute atomic E-state index is 6.10. The lowest BCUT2D eigenvalue weighted by Crippen LogP contribution is -2.13. The molecule has 0 saturated carbocycles. The number of nitrogens with zero attached hydrogens (tertiary/aromatic N) is 2. The second-order valence-corrected chi connectivity index (χ2v) is 6.94. The number of hydrogen-bond donors (Lipinski definition) is 0. The third-order valence-electron chi connectivity index (χ3n) is 3.67. The molecule has 2 aromatic carbocycles. The SMILES string of the molecule is CN(C)CCCSc1nc(-c2ccccc2)c(-c2ccccc2)o1. The van der Waals surface area contributed by atoms with Crippen LogP contribution in [0.3, 0.4) is 0 Å². The number of benzene rings is 2. The summed E-state index contributed by atoms with van der Waals surface area (Å²) in [5.74, 6) is 1.85. The van der Waals surface area contributed by atoms with Crippen LogP contribution >= 0.6 is 11.8 Å². The Bertz CT molecular complexity index is 697. The zero-order chi connectivity index (χ0) is 16.8. The highest BCUT2D eigenvalue weighted by Gasteiger charge is 2.16.